The summed E-state index contributed by atoms with van der Waals surface area (Å²) in [4.78, 5) is 16.6. The van der Waals surface area contributed by atoms with Crippen molar-refractivity contribution < 1.29 is 4.79 Å². The molecule has 0 bridgehead atoms. The number of rotatable bonds is 4. The minimum atomic E-state index is -0.226. The summed E-state index contributed by atoms with van der Waals surface area (Å²) < 4.78 is 3.51. The lowest BCUT2D eigenvalue weighted by atomic mass is 10.2. The molecule has 0 N–H and O–H groups in total. The quantitative estimate of drug-likeness (QED) is 0.645. The molecular weight excluding hydrogens is 370 g/mol. The molecule has 0 radical (unpaired) electrons. The number of carbonyl (C=O) groups excluding carboxylic acids is 1. The number of carbonyl (C=O) groups is 1. The second kappa shape index (κ2) is 6.16. The van der Waals surface area contributed by atoms with Gasteiger partial charge in [0.05, 0.1) is 21.8 Å². The number of aromatic nitrogens is 4. The molecule has 0 aliphatic heterocycles. The molecule has 1 aromatic carbocycles. The van der Waals surface area contributed by atoms with E-state index in [4.69, 9.17) is 0 Å². The minimum absolute atomic E-state index is 0.226. The molecule has 2 heterocycles. The fourth-order valence-corrected chi connectivity index (χ4v) is 2.95. The molecule has 1 saturated carbocycles. The van der Waals surface area contributed by atoms with Gasteiger partial charge in [-0.05, 0) is 37.1 Å². The summed E-state index contributed by atoms with van der Waals surface area (Å²) in [7, 11) is 0. The number of nitrogens with zero attached hydrogens (tertiary/aromatic N) is 5. The summed E-state index contributed by atoms with van der Waals surface area (Å²) in [5.74, 6) is 0.599. The zero-order valence-corrected chi connectivity index (χ0v) is 14.3. The SMILES string of the molecule is O=C(c1ccccn1)N(Br)c1cccc(-c2nncn2C2CC2)c1. The largest absolute Gasteiger partial charge is 0.310 e. The van der Waals surface area contributed by atoms with Crippen LogP contribution in [0.2, 0.25) is 0 Å². The van der Waals surface area contributed by atoms with E-state index in [1.165, 1.54) is 3.93 Å². The number of amides is 1. The highest BCUT2D eigenvalue weighted by atomic mass is 79.9. The lowest BCUT2D eigenvalue weighted by molar-refractivity contribution is 0.100. The van der Waals surface area contributed by atoms with Crippen LogP contribution in [-0.2, 0) is 0 Å². The molecule has 0 spiro atoms. The number of hydrogen-bond acceptors (Lipinski definition) is 4. The van der Waals surface area contributed by atoms with Crippen molar-refractivity contribution in [1.82, 2.24) is 19.7 Å². The molecule has 6 nitrogen and oxygen atoms in total. The van der Waals surface area contributed by atoms with E-state index in [2.05, 4.69) is 35.9 Å². The Hall–Kier alpha value is -2.54. The summed E-state index contributed by atoms with van der Waals surface area (Å²) in [5, 5.41) is 8.26. The van der Waals surface area contributed by atoms with Gasteiger partial charge in [0.15, 0.2) is 5.82 Å². The Labute approximate surface area is 147 Å². The lowest BCUT2D eigenvalue weighted by Gasteiger charge is -2.15. The van der Waals surface area contributed by atoms with Crippen LogP contribution in [0.5, 0.6) is 0 Å². The van der Waals surface area contributed by atoms with Crippen LogP contribution in [0.15, 0.2) is 55.0 Å². The van der Waals surface area contributed by atoms with Crippen molar-refractivity contribution in [3.63, 3.8) is 0 Å². The highest BCUT2D eigenvalue weighted by molar-refractivity contribution is 9.10. The number of halogens is 1. The van der Waals surface area contributed by atoms with Gasteiger partial charge in [0.2, 0.25) is 0 Å². The average molecular weight is 384 g/mol. The molecule has 3 aromatic rings. The van der Waals surface area contributed by atoms with Gasteiger partial charge in [-0.2, -0.15) is 0 Å². The Kier molecular flexibility index (Phi) is 3.86. The summed E-state index contributed by atoms with van der Waals surface area (Å²) in [6, 6.07) is 13.4. The van der Waals surface area contributed by atoms with Gasteiger partial charge in [-0.15, -0.1) is 10.2 Å². The lowest BCUT2D eigenvalue weighted by Crippen LogP contribution is -2.21. The van der Waals surface area contributed by atoms with Crippen LogP contribution in [-0.4, -0.2) is 25.7 Å². The van der Waals surface area contributed by atoms with Crippen LogP contribution in [0.4, 0.5) is 5.69 Å². The minimum Gasteiger partial charge on any atom is -0.310 e. The zero-order valence-electron chi connectivity index (χ0n) is 12.7. The Bertz CT molecular complexity index is 875. The highest BCUT2D eigenvalue weighted by Crippen LogP contribution is 2.38. The molecule has 4 rings (SSSR count). The highest BCUT2D eigenvalue weighted by Gasteiger charge is 2.27. The van der Waals surface area contributed by atoms with Gasteiger partial charge < -0.3 is 4.57 Å². The van der Waals surface area contributed by atoms with Crippen molar-refractivity contribution in [2.24, 2.45) is 0 Å². The van der Waals surface area contributed by atoms with Crippen molar-refractivity contribution in [2.75, 3.05) is 3.93 Å². The van der Waals surface area contributed by atoms with Gasteiger partial charge in [0, 0.05) is 17.8 Å². The summed E-state index contributed by atoms with van der Waals surface area (Å²) in [5.41, 5.74) is 2.02. The maximum absolute atomic E-state index is 12.5. The van der Waals surface area contributed by atoms with E-state index in [0.717, 1.165) is 24.2 Å². The predicted octanol–water partition coefficient (Wildman–Crippen LogP) is 3.63. The third-order valence-corrected chi connectivity index (χ3v) is 4.64. The summed E-state index contributed by atoms with van der Waals surface area (Å²) in [6.07, 6.45) is 5.69. The van der Waals surface area contributed by atoms with Crippen LogP contribution in [0.1, 0.15) is 29.4 Å². The zero-order chi connectivity index (χ0) is 16.5. The topological polar surface area (TPSA) is 63.9 Å². The number of anilines is 1. The maximum atomic E-state index is 12.5. The molecular formula is C17H14BrN5O. The normalized spacial score (nSPS) is 13.7. The molecule has 0 saturated heterocycles. The Morgan fingerprint density at radius 2 is 2.08 bits per heavy atom. The van der Waals surface area contributed by atoms with Crippen LogP contribution in [0.3, 0.4) is 0 Å². The maximum Gasteiger partial charge on any atom is 0.286 e. The molecule has 0 unspecified atom stereocenters. The second-order valence-electron chi connectivity index (χ2n) is 5.64. The monoisotopic (exact) mass is 383 g/mol. The predicted molar refractivity (Wildman–Crippen MR) is 93.7 cm³/mol. The molecule has 1 fully saturated rings. The van der Waals surface area contributed by atoms with Gasteiger partial charge in [0.25, 0.3) is 5.91 Å². The molecule has 120 valence electrons. The number of pyridine rings is 1. The fraction of sp³-hybridized carbons (Fsp3) is 0.176. The van der Waals surface area contributed by atoms with Crippen LogP contribution in [0, 0.1) is 0 Å². The van der Waals surface area contributed by atoms with E-state index in [-0.39, 0.29) is 5.91 Å². The average Bonchev–Trinajstić information content (AvgIpc) is 3.37. The van der Waals surface area contributed by atoms with Gasteiger partial charge in [-0.25, -0.2) is 3.93 Å². The second-order valence-corrected chi connectivity index (χ2v) is 6.35. The van der Waals surface area contributed by atoms with Crippen molar-refractivity contribution in [3.05, 3.63) is 60.7 Å². The van der Waals surface area contributed by atoms with Crippen molar-refractivity contribution in [1.29, 1.82) is 0 Å². The van der Waals surface area contributed by atoms with E-state index in [9.17, 15) is 4.79 Å². The van der Waals surface area contributed by atoms with Crippen LogP contribution >= 0.6 is 16.1 Å². The van der Waals surface area contributed by atoms with Gasteiger partial charge in [-0.3, -0.25) is 9.78 Å². The van der Waals surface area contributed by atoms with E-state index in [1.54, 1.807) is 30.7 Å². The molecule has 2 aromatic heterocycles. The molecule has 1 aliphatic carbocycles. The van der Waals surface area contributed by atoms with E-state index in [1.807, 2.05) is 24.3 Å². The first-order valence-corrected chi connectivity index (χ1v) is 8.36. The van der Waals surface area contributed by atoms with Crippen LogP contribution < -0.4 is 3.93 Å². The Morgan fingerprint density at radius 1 is 1.21 bits per heavy atom. The third kappa shape index (κ3) is 2.82. The van der Waals surface area contributed by atoms with Crippen molar-refractivity contribution in [2.45, 2.75) is 18.9 Å². The summed E-state index contributed by atoms with van der Waals surface area (Å²) in [6.45, 7) is 0. The first-order chi connectivity index (χ1) is 11.7. The smallest absolute Gasteiger partial charge is 0.286 e. The van der Waals surface area contributed by atoms with Gasteiger partial charge in [0.1, 0.15) is 12.0 Å². The van der Waals surface area contributed by atoms with Crippen LogP contribution in [0.25, 0.3) is 11.4 Å². The fourth-order valence-electron chi connectivity index (χ4n) is 2.54. The van der Waals surface area contributed by atoms with E-state index >= 15 is 0 Å². The number of hydrogen-bond donors (Lipinski definition) is 0. The standard InChI is InChI=1S/C17H14BrN5O/c18-23(17(24)15-6-1-2-9-19-15)14-5-3-4-12(10-14)16-21-20-11-22(16)13-7-8-13/h1-6,9-11,13H,7-8H2. The Morgan fingerprint density at radius 3 is 2.83 bits per heavy atom. The van der Waals surface area contributed by atoms with Gasteiger partial charge >= 0.3 is 0 Å². The molecule has 1 amide bonds. The first-order valence-electron chi connectivity index (χ1n) is 7.65. The molecule has 1 aliphatic rings. The summed E-state index contributed by atoms with van der Waals surface area (Å²) >= 11 is 3.35. The first kappa shape index (κ1) is 15.0. The third-order valence-electron chi connectivity index (χ3n) is 3.91. The van der Waals surface area contributed by atoms with E-state index in [0.29, 0.717) is 17.4 Å². The molecule has 24 heavy (non-hydrogen) atoms. The Balaban J connectivity index is 1.65. The van der Waals surface area contributed by atoms with Crippen molar-refractivity contribution in [3.8, 4) is 11.4 Å². The number of benzene rings is 1. The van der Waals surface area contributed by atoms with Crippen molar-refractivity contribution >= 4 is 27.7 Å². The molecule has 0 atom stereocenters. The van der Waals surface area contributed by atoms with E-state index < -0.39 is 0 Å². The molecule has 7 heteroatoms. The van der Waals surface area contributed by atoms with Gasteiger partial charge in [-0.1, -0.05) is 18.2 Å².